The van der Waals surface area contributed by atoms with Crippen LogP contribution in [0.4, 0.5) is 0 Å². The molecule has 2 aromatic rings. The SMILES string of the molecule is NCC(Cc1ccc2c(c1)OCCO2)c1ccc2c(c1)OCO2. The molecule has 0 radical (unpaired) electrons. The van der Waals surface area contributed by atoms with Crippen molar-refractivity contribution in [3.05, 3.63) is 47.5 Å². The zero-order chi connectivity index (χ0) is 15.6. The van der Waals surface area contributed by atoms with Gasteiger partial charge < -0.3 is 24.7 Å². The van der Waals surface area contributed by atoms with E-state index >= 15 is 0 Å². The molecule has 0 saturated heterocycles. The van der Waals surface area contributed by atoms with Crippen molar-refractivity contribution in [3.8, 4) is 23.0 Å². The van der Waals surface area contributed by atoms with Crippen LogP contribution in [0.15, 0.2) is 36.4 Å². The number of nitrogens with two attached hydrogens (primary N) is 1. The number of hydrogen-bond donors (Lipinski definition) is 1. The summed E-state index contributed by atoms with van der Waals surface area (Å²) < 4.78 is 22.0. The number of benzene rings is 2. The third-order valence-corrected chi connectivity index (χ3v) is 4.24. The Bertz CT molecular complexity index is 716. The molecule has 5 nitrogen and oxygen atoms in total. The van der Waals surface area contributed by atoms with Crippen LogP contribution in [0.5, 0.6) is 23.0 Å². The van der Waals surface area contributed by atoms with Gasteiger partial charge in [0.1, 0.15) is 13.2 Å². The summed E-state index contributed by atoms with van der Waals surface area (Å²) in [4.78, 5) is 0. The normalized spacial score (nSPS) is 16.2. The topological polar surface area (TPSA) is 62.9 Å². The Kier molecular flexibility index (Phi) is 3.71. The summed E-state index contributed by atoms with van der Waals surface area (Å²) in [5.41, 5.74) is 8.35. The molecule has 1 atom stereocenters. The quantitative estimate of drug-likeness (QED) is 0.939. The Labute approximate surface area is 134 Å². The Hall–Kier alpha value is -2.40. The van der Waals surface area contributed by atoms with Gasteiger partial charge in [-0.3, -0.25) is 0 Å². The molecule has 2 aliphatic heterocycles. The highest BCUT2D eigenvalue weighted by Gasteiger charge is 2.19. The highest BCUT2D eigenvalue weighted by molar-refractivity contribution is 5.47. The second kappa shape index (κ2) is 6.01. The highest BCUT2D eigenvalue weighted by Crippen LogP contribution is 2.36. The lowest BCUT2D eigenvalue weighted by atomic mass is 9.91. The van der Waals surface area contributed by atoms with E-state index in [1.165, 1.54) is 5.56 Å². The van der Waals surface area contributed by atoms with E-state index in [0.29, 0.717) is 19.8 Å². The van der Waals surface area contributed by atoms with E-state index in [1.54, 1.807) is 0 Å². The van der Waals surface area contributed by atoms with Gasteiger partial charge in [-0.05, 0) is 48.4 Å². The molecule has 0 spiro atoms. The largest absolute Gasteiger partial charge is 0.486 e. The fourth-order valence-corrected chi connectivity index (χ4v) is 3.00. The molecular weight excluding hydrogens is 294 g/mol. The number of ether oxygens (including phenoxy) is 4. The Morgan fingerprint density at radius 3 is 2.39 bits per heavy atom. The van der Waals surface area contributed by atoms with Gasteiger partial charge in [0.05, 0.1) is 0 Å². The summed E-state index contributed by atoms with van der Waals surface area (Å²) in [5, 5.41) is 0. The van der Waals surface area contributed by atoms with E-state index in [0.717, 1.165) is 35.0 Å². The van der Waals surface area contributed by atoms with Gasteiger partial charge in [-0.1, -0.05) is 12.1 Å². The summed E-state index contributed by atoms with van der Waals surface area (Å²) in [5.74, 6) is 3.43. The van der Waals surface area contributed by atoms with Gasteiger partial charge in [0.2, 0.25) is 6.79 Å². The molecule has 0 amide bonds. The van der Waals surface area contributed by atoms with Crippen LogP contribution in [0.3, 0.4) is 0 Å². The second-order valence-electron chi connectivity index (χ2n) is 5.73. The van der Waals surface area contributed by atoms with Gasteiger partial charge in [-0.15, -0.1) is 0 Å². The summed E-state index contributed by atoms with van der Waals surface area (Å²) in [6, 6.07) is 12.1. The maximum atomic E-state index is 6.01. The van der Waals surface area contributed by atoms with Crippen molar-refractivity contribution < 1.29 is 18.9 Å². The lowest BCUT2D eigenvalue weighted by Crippen LogP contribution is -2.17. The summed E-state index contributed by atoms with van der Waals surface area (Å²) in [7, 11) is 0. The summed E-state index contributed by atoms with van der Waals surface area (Å²) in [6.07, 6.45) is 0.840. The molecule has 2 aliphatic rings. The summed E-state index contributed by atoms with van der Waals surface area (Å²) in [6.45, 7) is 2.05. The monoisotopic (exact) mass is 313 g/mol. The average molecular weight is 313 g/mol. The van der Waals surface area contributed by atoms with Gasteiger partial charge in [0.25, 0.3) is 0 Å². The molecule has 0 aromatic heterocycles. The average Bonchev–Trinajstić information content (AvgIpc) is 3.07. The first-order valence-electron chi connectivity index (χ1n) is 7.81. The molecular formula is C18H19NO4. The number of hydrogen-bond acceptors (Lipinski definition) is 5. The highest BCUT2D eigenvalue weighted by atomic mass is 16.7. The van der Waals surface area contributed by atoms with Crippen molar-refractivity contribution in [2.75, 3.05) is 26.6 Å². The van der Waals surface area contributed by atoms with E-state index in [1.807, 2.05) is 24.3 Å². The molecule has 23 heavy (non-hydrogen) atoms. The van der Waals surface area contributed by atoms with Crippen LogP contribution in [-0.4, -0.2) is 26.6 Å². The van der Waals surface area contributed by atoms with Crippen LogP contribution in [0.2, 0.25) is 0 Å². The standard InChI is InChI=1S/C18H19NO4/c19-10-14(13-2-4-16-18(9-13)23-11-22-16)7-12-1-3-15-17(8-12)21-6-5-20-15/h1-4,8-9,14H,5-7,10-11,19H2. The summed E-state index contributed by atoms with van der Waals surface area (Å²) >= 11 is 0. The molecule has 1 unspecified atom stereocenters. The first kappa shape index (κ1) is 14.2. The van der Waals surface area contributed by atoms with Crippen molar-refractivity contribution in [2.45, 2.75) is 12.3 Å². The maximum absolute atomic E-state index is 6.01. The molecule has 2 aromatic carbocycles. The van der Waals surface area contributed by atoms with E-state index in [2.05, 4.69) is 12.1 Å². The third kappa shape index (κ3) is 2.80. The first-order chi connectivity index (χ1) is 11.3. The zero-order valence-corrected chi connectivity index (χ0v) is 12.8. The van der Waals surface area contributed by atoms with E-state index < -0.39 is 0 Å². The minimum atomic E-state index is 0.215. The Morgan fingerprint density at radius 2 is 1.52 bits per heavy atom. The van der Waals surface area contributed by atoms with Gasteiger partial charge >= 0.3 is 0 Å². The maximum Gasteiger partial charge on any atom is 0.231 e. The predicted molar refractivity (Wildman–Crippen MR) is 85.5 cm³/mol. The lowest BCUT2D eigenvalue weighted by molar-refractivity contribution is 0.171. The van der Waals surface area contributed by atoms with Crippen LogP contribution >= 0.6 is 0 Å². The molecule has 0 bridgehead atoms. The Balaban J connectivity index is 1.56. The molecule has 120 valence electrons. The third-order valence-electron chi connectivity index (χ3n) is 4.24. The van der Waals surface area contributed by atoms with Gasteiger partial charge in [0.15, 0.2) is 23.0 Å². The first-order valence-corrected chi connectivity index (χ1v) is 7.81. The van der Waals surface area contributed by atoms with Crippen LogP contribution < -0.4 is 24.7 Å². The van der Waals surface area contributed by atoms with Gasteiger partial charge in [-0.25, -0.2) is 0 Å². The molecule has 5 heteroatoms. The van der Waals surface area contributed by atoms with Crippen molar-refractivity contribution in [3.63, 3.8) is 0 Å². The number of fused-ring (bicyclic) bond motifs is 2. The molecule has 0 aliphatic carbocycles. The van der Waals surface area contributed by atoms with Crippen LogP contribution in [0.25, 0.3) is 0 Å². The Morgan fingerprint density at radius 1 is 0.826 bits per heavy atom. The number of rotatable bonds is 4. The van der Waals surface area contributed by atoms with E-state index in [4.69, 9.17) is 24.7 Å². The molecule has 0 fully saturated rings. The minimum Gasteiger partial charge on any atom is -0.486 e. The second-order valence-corrected chi connectivity index (χ2v) is 5.73. The smallest absolute Gasteiger partial charge is 0.231 e. The molecule has 2 heterocycles. The van der Waals surface area contributed by atoms with Crippen LogP contribution in [-0.2, 0) is 6.42 Å². The minimum absolute atomic E-state index is 0.215. The van der Waals surface area contributed by atoms with Crippen LogP contribution in [0, 0.1) is 0 Å². The van der Waals surface area contributed by atoms with Gasteiger partial charge in [-0.2, -0.15) is 0 Å². The van der Waals surface area contributed by atoms with E-state index in [-0.39, 0.29) is 12.7 Å². The fourth-order valence-electron chi connectivity index (χ4n) is 3.00. The lowest BCUT2D eigenvalue weighted by Gasteiger charge is -2.20. The van der Waals surface area contributed by atoms with Crippen LogP contribution in [0.1, 0.15) is 17.0 Å². The van der Waals surface area contributed by atoms with Crippen molar-refractivity contribution in [2.24, 2.45) is 5.73 Å². The van der Waals surface area contributed by atoms with E-state index in [9.17, 15) is 0 Å². The van der Waals surface area contributed by atoms with Gasteiger partial charge in [0, 0.05) is 5.92 Å². The molecule has 4 rings (SSSR count). The fraction of sp³-hybridized carbons (Fsp3) is 0.333. The van der Waals surface area contributed by atoms with Crippen molar-refractivity contribution in [1.82, 2.24) is 0 Å². The van der Waals surface area contributed by atoms with Crippen molar-refractivity contribution >= 4 is 0 Å². The van der Waals surface area contributed by atoms with Crippen molar-refractivity contribution in [1.29, 1.82) is 0 Å². The molecule has 0 saturated carbocycles. The predicted octanol–water partition coefficient (Wildman–Crippen LogP) is 2.47. The molecule has 2 N–H and O–H groups in total. The zero-order valence-electron chi connectivity index (χ0n) is 12.8.